The van der Waals surface area contributed by atoms with Gasteiger partial charge in [0.05, 0.1) is 0 Å². The second kappa shape index (κ2) is 7.64. The Morgan fingerprint density at radius 2 is 1.88 bits per heavy atom. The molecule has 2 aliphatic rings. The van der Waals surface area contributed by atoms with Gasteiger partial charge in [-0.25, -0.2) is 4.98 Å². The number of anilines is 1. The van der Waals surface area contributed by atoms with Gasteiger partial charge in [-0.1, -0.05) is 25.8 Å². The van der Waals surface area contributed by atoms with Crippen molar-refractivity contribution in [2.75, 3.05) is 31.1 Å². The number of nitrogens with zero attached hydrogens (tertiary/aromatic N) is 3. The third-order valence-corrected chi connectivity index (χ3v) is 5.16. The van der Waals surface area contributed by atoms with Crippen LogP contribution in [0.3, 0.4) is 0 Å². The number of hydrogen-bond acceptors (Lipinski definition) is 4. The fourth-order valence-electron chi connectivity index (χ4n) is 3.58. The molecule has 1 aliphatic carbocycles. The molecule has 0 aromatic carbocycles. The van der Waals surface area contributed by atoms with Gasteiger partial charge in [0.25, 0.3) is 0 Å². The van der Waals surface area contributed by atoms with Crippen molar-refractivity contribution in [3.63, 3.8) is 0 Å². The first kappa shape index (κ1) is 16.7. The molecule has 24 heavy (non-hydrogen) atoms. The first-order chi connectivity index (χ1) is 11.6. The van der Waals surface area contributed by atoms with E-state index in [0.717, 1.165) is 25.1 Å². The predicted molar refractivity (Wildman–Crippen MR) is 92.6 cm³/mol. The van der Waals surface area contributed by atoms with Crippen molar-refractivity contribution in [2.24, 2.45) is 5.92 Å². The van der Waals surface area contributed by atoms with Gasteiger partial charge in [0.15, 0.2) is 0 Å². The standard InChI is InChI=1S/C18H26N4O2/c1-14-6-2-3-7-15(14)20-17(23)18(24)22-12-10-21(11-13-22)16-8-4-5-9-19-16/h4-5,8-9,14-15H,2-3,6-7,10-13H2,1H3,(H,20,23). The smallest absolute Gasteiger partial charge is 0.312 e. The number of aromatic nitrogens is 1. The summed E-state index contributed by atoms with van der Waals surface area (Å²) in [4.78, 5) is 32.8. The van der Waals surface area contributed by atoms with E-state index in [4.69, 9.17) is 0 Å². The van der Waals surface area contributed by atoms with E-state index in [1.807, 2.05) is 18.2 Å². The molecule has 0 bridgehead atoms. The van der Waals surface area contributed by atoms with E-state index in [-0.39, 0.29) is 6.04 Å². The molecule has 1 aromatic rings. The summed E-state index contributed by atoms with van der Waals surface area (Å²) >= 11 is 0. The number of carbonyl (C=O) groups is 2. The maximum Gasteiger partial charge on any atom is 0.312 e. The lowest BCUT2D eigenvalue weighted by molar-refractivity contribution is -0.146. The normalized spacial score (nSPS) is 24.5. The Bertz CT molecular complexity index is 570. The molecule has 2 fully saturated rings. The first-order valence-corrected chi connectivity index (χ1v) is 8.91. The van der Waals surface area contributed by atoms with Crippen LogP contribution in [0.15, 0.2) is 24.4 Å². The average Bonchev–Trinajstić information content (AvgIpc) is 2.64. The van der Waals surface area contributed by atoms with E-state index < -0.39 is 11.8 Å². The van der Waals surface area contributed by atoms with E-state index >= 15 is 0 Å². The van der Waals surface area contributed by atoms with Crippen molar-refractivity contribution >= 4 is 17.6 Å². The summed E-state index contributed by atoms with van der Waals surface area (Å²) in [6, 6.07) is 5.96. The number of amides is 2. The maximum atomic E-state index is 12.4. The Hall–Kier alpha value is -2.11. The minimum absolute atomic E-state index is 0.144. The lowest BCUT2D eigenvalue weighted by atomic mass is 9.86. The Morgan fingerprint density at radius 1 is 1.12 bits per heavy atom. The van der Waals surface area contributed by atoms with Crippen LogP contribution in [0.4, 0.5) is 5.82 Å². The zero-order chi connectivity index (χ0) is 16.9. The molecule has 1 N–H and O–H groups in total. The largest absolute Gasteiger partial charge is 0.353 e. The lowest BCUT2D eigenvalue weighted by Crippen LogP contribution is -2.54. The van der Waals surface area contributed by atoms with Gasteiger partial charge in [0.2, 0.25) is 0 Å². The molecule has 0 radical (unpaired) electrons. The highest BCUT2D eigenvalue weighted by Gasteiger charge is 2.30. The summed E-state index contributed by atoms with van der Waals surface area (Å²) in [6.07, 6.45) is 6.23. The Kier molecular flexibility index (Phi) is 5.33. The second-order valence-electron chi connectivity index (χ2n) is 6.81. The second-order valence-corrected chi connectivity index (χ2v) is 6.81. The van der Waals surface area contributed by atoms with Gasteiger partial charge in [0.1, 0.15) is 5.82 Å². The molecular weight excluding hydrogens is 304 g/mol. The molecule has 130 valence electrons. The third kappa shape index (κ3) is 3.86. The van der Waals surface area contributed by atoms with Gasteiger partial charge in [-0.05, 0) is 30.9 Å². The van der Waals surface area contributed by atoms with Crippen LogP contribution < -0.4 is 10.2 Å². The number of nitrogens with one attached hydrogen (secondary N) is 1. The summed E-state index contributed by atoms with van der Waals surface area (Å²) in [7, 11) is 0. The topological polar surface area (TPSA) is 65.5 Å². The number of rotatable bonds is 2. The fraction of sp³-hybridized carbons (Fsp3) is 0.611. The highest BCUT2D eigenvalue weighted by Crippen LogP contribution is 2.23. The van der Waals surface area contributed by atoms with Gasteiger partial charge in [0, 0.05) is 38.4 Å². The molecule has 1 saturated carbocycles. The van der Waals surface area contributed by atoms with Crippen molar-refractivity contribution in [1.82, 2.24) is 15.2 Å². The summed E-state index contributed by atoms with van der Waals surface area (Å²) < 4.78 is 0. The van der Waals surface area contributed by atoms with Crippen molar-refractivity contribution in [1.29, 1.82) is 0 Å². The van der Waals surface area contributed by atoms with Crippen molar-refractivity contribution in [2.45, 2.75) is 38.6 Å². The van der Waals surface area contributed by atoms with Crippen LogP contribution in [-0.2, 0) is 9.59 Å². The third-order valence-electron chi connectivity index (χ3n) is 5.16. The minimum atomic E-state index is -0.444. The Labute approximate surface area is 143 Å². The maximum absolute atomic E-state index is 12.4. The molecule has 2 amide bonds. The molecule has 2 atom stereocenters. The monoisotopic (exact) mass is 330 g/mol. The lowest BCUT2D eigenvalue weighted by Gasteiger charge is -2.35. The van der Waals surface area contributed by atoms with E-state index in [1.54, 1.807) is 11.1 Å². The molecule has 2 unspecified atom stereocenters. The summed E-state index contributed by atoms with van der Waals surface area (Å²) in [6.45, 7) is 4.68. The molecule has 3 rings (SSSR count). The minimum Gasteiger partial charge on any atom is -0.353 e. The van der Waals surface area contributed by atoms with Crippen LogP contribution >= 0.6 is 0 Å². The molecule has 1 aromatic heterocycles. The van der Waals surface area contributed by atoms with Crippen molar-refractivity contribution < 1.29 is 9.59 Å². The predicted octanol–water partition coefficient (Wildman–Crippen LogP) is 1.43. The number of hydrogen-bond donors (Lipinski definition) is 1. The highest BCUT2D eigenvalue weighted by molar-refractivity contribution is 6.35. The van der Waals surface area contributed by atoms with Gasteiger partial charge in [-0.15, -0.1) is 0 Å². The summed E-state index contributed by atoms with van der Waals surface area (Å²) in [5, 5.41) is 2.95. The SMILES string of the molecule is CC1CCCCC1NC(=O)C(=O)N1CCN(c2ccccn2)CC1. The Morgan fingerprint density at radius 3 is 2.54 bits per heavy atom. The quantitative estimate of drug-likeness (QED) is 0.833. The molecule has 6 heteroatoms. The molecule has 1 saturated heterocycles. The zero-order valence-corrected chi connectivity index (χ0v) is 14.3. The van der Waals surface area contributed by atoms with Crippen LogP contribution in [0, 0.1) is 5.92 Å². The van der Waals surface area contributed by atoms with E-state index in [9.17, 15) is 9.59 Å². The van der Waals surface area contributed by atoms with Crippen LogP contribution in [0.1, 0.15) is 32.6 Å². The van der Waals surface area contributed by atoms with Gasteiger partial charge < -0.3 is 15.1 Å². The van der Waals surface area contributed by atoms with Crippen LogP contribution in [0.2, 0.25) is 0 Å². The van der Waals surface area contributed by atoms with E-state index in [2.05, 4.69) is 22.1 Å². The van der Waals surface area contributed by atoms with Gasteiger partial charge in [-0.2, -0.15) is 0 Å². The molecule has 0 spiro atoms. The van der Waals surface area contributed by atoms with Gasteiger partial charge in [-0.3, -0.25) is 9.59 Å². The van der Waals surface area contributed by atoms with Crippen LogP contribution in [0.25, 0.3) is 0 Å². The number of carbonyl (C=O) groups excluding carboxylic acids is 2. The molecule has 6 nitrogen and oxygen atoms in total. The molecule has 1 aliphatic heterocycles. The molecule has 2 heterocycles. The number of pyridine rings is 1. The fourth-order valence-corrected chi connectivity index (χ4v) is 3.58. The highest BCUT2D eigenvalue weighted by atomic mass is 16.2. The van der Waals surface area contributed by atoms with Crippen molar-refractivity contribution in [3.8, 4) is 0 Å². The van der Waals surface area contributed by atoms with Crippen LogP contribution in [0.5, 0.6) is 0 Å². The van der Waals surface area contributed by atoms with Gasteiger partial charge >= 0.3 is 11.8 Å². The Balaban J connectivity index is 1.50. The van der Waals surface area contributed by atoms with E-state index in [1.165, 1.54) is 6.42 Å². The first-order valence-electron chi connectivity index (χ1n) is 8.91. The average molecular weight is 330 g/mol. The van der Waals surface area contributed by atoms with Crippen LogP contribution in [-0.4, -0.2) is 53.9 Å². The van der Waals surface area contributed by atoms with E-state index in [0.29, 0.717) is 32.1 Å². The number of piperazine rings is 1. The van der Waals surface area contributed by atoms with Crippen molar-refractivity contribution in [3.05, 3.63) is 24.4 Å². The molecular formula is C18H26N4O2. The summed E-state index contributed by atoms with van der Waals surface area (Å²) in [5.41, 5.74) is 0. The zero-order valence-electron chi connectivity index (χ0n) is 14.3. The summed E-state index contributed by atoms with van der Waals surface area (Å²) in [5.74, 6) is 0.537.